The fourth-order valence-corrected chi connectivity index (χ4v) is 2.51. The number of hydrogen-bond donors (Lipinski definition) is 0. The number of aromatic nitrogens is 5. The Bertz CT molecular complexity index is 831. The molecule has 0 unspecified atom stereocenters. The molecular formula is C16H17N5O. The summed E-state index contributed by atoms with van der Waals surface area (Å²) in [4.78, 5) is 15.7. The van der Waals surface area contributed by atoms with Crippen molar-refractivity contribution in [1.82, 2.24) is 24.5 Å². The van der Waals surface area contributed by atoms with Crippen molar-refractivity contribution in [2.45, 2.75) is 13.3 Å². The number of nitrogens with zero attached hydrogens (tertiary/aromatic N) is 5. The summed E-state index contributed by atoms with van der Waals surface area (Å²) < 4.78 is 3.50. The van der Waals surface area contributed by atoms with Gasteiger partial charge in [-0.25, -0.2) is 0 Å². The standard InChI is InChI=1S/C16H17N5O/c1-4-14-13(9-21(3)18-14)12-7-16(17-8-11(12)10-22)15-5-6-20(2)19-15/h5-10H,4H2,1-3H3. The summed E-state index contributed by atoms with van der Waals surface area (Å²) in [6.45, 7) is 2.05. The number of rotatable bonds is 4. The first-order chi connectivity index (χ1) is 10.6. The summed E-state index contributed by atoms with van der Waals surface area (Å²) in [7, 11) is 3.74. The van der Waals surface area contributed by atoms with Crippen LogP contribution in [-0.4, -0.2) is 30.8 Å². The normalized spacial score (nSPS) is 10.9. The molecule has 22 heavy (non-hydrogen) atoms. The molecule has 0 aromatic carbocycles. The van der Waals surface area contributed by atoms with E-state index in [1.807, 2.05) is 45.5 Å². The monoisotopic (exact) mass is 295 g/mol. The van der Waals surface area contributed by atoms with Crippen molar-refractivity contribution in [1.29, 1.82) is 0 Å². The van der Waals surface area contributed by atoms with Crippen LogP contribution in [0, 0.1) is 0 Å². The van der Waals surface area contributed by atoms with Crippen molar-refractivity contribution in [3.8, 4) is 22.5 Å². The largest absolute Gasteiger partial charge is 0.298 e. The second-order valence-corrected chi connectivity index (χ2v) is 5.17. The van der Waals surface area contributed by atoms with Gasteiger partial charge in [-0.2, -0.15) is 10.2 Å². The van der Waals surface area contributed by atoms with Gasteiger partial charge in [0.25, 0.3) is 0 Å². The zero-order valence-electron chi connectivity index (χ0n) is 12.8. The molecule has 0 atom stereocenters. The summed E-state index contributed by atoms with van der Waals surface area (Å²) in [5.41, 5.74) is 4.85. The maximum atomic E-state index is 11.4. The molecule has 0 radical (unpaired) electrons. The molecular weight excluding hydrogens is 278 g/mol. The Morgan fingerprint density at radius 3 is 2.59 bits per heavy atom. The third-order valence-electron chi connectivity index (χ3n) is 3.57. The molecule has 0 fully saturated rings. The Hall–Kier alpha value is -2.76. The van der Waals surface area contributed by atoms with Crippen molar-refractivity contribution in [3.63, 3.8) is 0 Å². The number of carbonyl (C=O) groups is 1. The molecule has 6 heteroatoms. The van der Waals surface area contributed by atoms with Gasteiger partial charge in [-0.05, 0) is 24.1 Å². The zero-order chi connectivity index (χ0) is 15.7. The molecule has 0 N–H and O–H groups in total. The second-order valence-electron chi connectivity index (χ2n) is 5.17. The molecule has 3 heterocycles. The lowest BCUT2D eigenvalue weighted by molar-refractivity contribution is 0.112. The van der Waals surface area contributed by atoms with E-state index in [1.54, 1.807) is 15.6 Å². The number of hydrogen-bond acceptors (Lipinski definition) is 4. The van der Waals surface area contributed by atoms with E-state index in [1.165, 1.54) is 0 Å². The average Bonchev–Trinajstić information content (AvgIpc) is 3.12. The van der Waals surface area contributed by atoms with E-state index in [0.717, 1.165) is 40.9 Å². The van der Waals surface area contributed by atoms with E-state index in [4.69, 9.17) is 0 Å². The third kappa shape index (κ3) is 2.43. The van der Waals surface area contributed by atoms with Gasteiger partial charge >= 0.3 is 0 Å². The lowest BCUT2D eigenvalue weighted by Gasteiger charge is -2.06. The number of carbonyl (C=O) groups excluding carboxylic acids is 1. The van der Waals surface area contributed by atoms with Gasteiger partial charge in [0.2, 0.25) is 0 Å². The van der Waals surface area contributed by atoms with E-state index in [9.17, 15) is 4.79 Å². The van der Waals surface area contributed by atoms with Crippen molar-refractivity contribution in [3.05, 3.63) is 42.0 Å². The highest BCUT2D eigenvalue weighted by Crippen LogP contribution is 2.29. The first-order valence-electron chi connectivity index (χ1n) is 7.10. The minimum absolute atomic E-state index is 0.558. The van der Waals surface area contributed by atoms with Crippen LogP contribution >= 0.6 is 0 Å². The summed E-state index contributed by atoms with van der Waals surface area (Å²) >= 11 is 0. The van der Waals surface area contributed by atoms with Gasteiger partial charge in [0.1, 0.15) is 5.69 Å². The van der Waals surface area contributed by atoms with Crippen LogP contribution in [0.4, 0.5) is 0 Å². The number of pyridine rings is 1. The van der Waals surface area contributed by atoms with E-state index in [-0.39, 0.29) is 0 Å². The Morgan fingerprint density at radius 1 is 1.14 bits per heavy atom. The van der Waals surface area contributed by atoms with E-state index >= 15 is 0 Å². The van der Waals surface area contributed by atoms with Gasteiger partial charge in [0.05, 0.1) is 11.4 Å². The SMILES string of the molecule is CCc1nn(C)cc1-c1cc(-c2ccn(C)n2)ncc1C=O. The molecule has 0 saturated heterocycles. The summed E-state index contributed by atoms with van der Waals surface area (Å²) in [5.74, 6) is 0. The van der Waals surface area contributed by atoms with E-state index in [0.29, 0.717) is 5.56 Å². The number of aldehydes is 1. The van der Waals surface area contributed by atoms with Crippen LogP contribution in [0.1, 0.15) is 23.0 Å². The van der Waals surface area contributed by atoms with E-state index < -0.39 is 0 Å². The second kappa shape index (κ2) is 5.55. The Labute approximate surface area is 128 Å². The van der Waals surface area contributed by atoms with Gasteiger partial charge in [0.15, 0.2) is 6.29 Å². The molecule has 0 amide bonds. The van der Waals surface area contributed by atoms with Crippen molar-refractivity contribution >= 4 is 6.29 Å². The highest BCUT2D eigenvalue weighted by molar-refractivity contribution is 5.89. The Morgan fingerprint density at radius 2 is 1.95 bits per heavy atom. The van der Waals surface area contributed by atoms with Gasteiger partial charge in [-0.1, -0.05) is 6.92 Å². The highest BCUT2D eigenvalue weighted by atomic mass is 16.1. The lowest BCUT2D eigenvalue weighted by Crippen LogP contribution is -1.95. The zero-order valence-corrected chi connectivity index (χ0v) is 12.8. The first kappa shape index (κ1) is 14.2. The Kier molecular flexibility index (Phi) is 3.58. The minimum Gasteiger partial charge on any atom is -0.298 e. The third-order valence-corrected chi connectivity index (χ3v) is 3.57. The molecule has 0 aliphatic carbocycles. The fourth-order valence-electron chi connectivity index (χ4n) is 2.51. The molecule has 6 nitrogen and oxygen atoms in total. The van der Waals surface area contributed by atoms with Crippen molar-refractivity contribution in [2.24, 2.45) is 14.1 Å². The molecule has 0 saturated carbocycles. The van der Waals surface area contributed by atoms with Gasteiger partial charge < -0.3 is 0 Å². The molecule has 112 valence electrons. The van der Waals surface area contributed by atoms with Gasteiger partial charge in [-0.3, -0.25) is 19.1 Å². The Balaban J connectivity index is 2.18. The van der Waals surface area contributed by atoms with Crippen LogP contribution in [0.2, 0.25) is 0 Å². The first-order valence-corrected chi connectivity index (χ1v) is 7.10. The quantitative estimate of drug-likeness (QED) is 0.692. The summed E-state index contributed by atoms with van der Waals surface area (Å²) in [6.07, 6.45) is 7.03. The predicted molar refractivity (Wildman–Crippen MR) is 83.4 cm³/mol. The fraction of sp³-hybridized carbons (Fsp3) is 0.250. The summed E-state index contributed by atoms with van der Waals surface area (Å²) in [5, 5.41) is 8.81. The predicted octanol–water partition coefficient (Wildman–Crippen LogP) is 2.26. The van der Waals surface area contributed by atoms with E-state index in [2.05, 4.69) is 15.2 Å². The molecule has 0 aliphatic heterocycles. The molecule has 0 spiro atoms. The van der Waals surface area contributed by atoms with Crippen LogP contribution in [0.15, 0.2) is 30.7 Å². The molecule has 0 aliphatic rings. The van der Waals surface area contributed by atoms with Gasteiger partial charge in [-0.15, -0.1) is 0 Å². The molecule has 3 rings (SSSR count). The smallest absolute Gasteiger partial charge is 0.152 e. The highest BCUT2D eigenvalue weighted by Gasteiger charge is 2.15. The van der Waals surface area contributed by atoms with Crippen LogP contribution in [-0.2, 0) is 20.5 Å². The topological polar surface area (TPSA) is 65.6 Å². The summed E-state index contributed by atoms with van der Waals surface area (Å²) in [6, 6.07) is 3.80. The van der Waals surface area contributed by atoms with Crippen molar-refractivity contribution < 1.29 is 4.79 Å². The molecule has 3 aromatic heterocycles. The van der Waals surface area contributed by atoms with Crippen molar-refractivity contribution in [2.75, 3.05) is 0 Å². The number of aryl methyl sites for hydroxylation is 3. The van der Waals surface area contributed by atoms with Crippen LogP contribution in [0.3, 0.4) is 0 Å². The maximum absolute atomic E-state index is 11.4. The van der Waals surface area contributed by atoms with Crippen LogP contribution in [0.25, 0.3) is 22.5 Å². The molecule has 3 aromatic rings. The van der Waals surface area contributed by atoms with Crippen LogP contribution < -0.4 is 0 Å². The van der Waals surface area contributed by atoms with Crippen LogP contribution in [0.5, 0.6) is 0 Å². The average molecular weight is 295 g/mol. The minimum atomic E-state index is 0.558. The lowest BCUT2D eigenvalue weighted by atomic mass is 10.0. The van der Waals surface area contributed by atoms with Gasteiger partial charge in [0, 0.05) is 43.8 Å². The maximum Gasteiger partial charge on any atom is 0.152 e. The molecule has 0 bridgehead atoms.